The van der Waals surface area contributed by atoms with Crippen molar-refractivity contribution in [1.29, 1.82) is 0 Å². The summed E-state index contributed by atoms with van der Waals surface area (Å²) in [5.74, 6) is 1.66. The number of hydrogen-bond donors (Lipinski definition) is 1. The Balaban J connectivity index is 1.56. The van der Waals surface area contributed by atoms with E-state index in [2.05, 4.69) is 38.3 Å². The van der Waals surface area contributed by atoms with Crippen LogP contribution in [0.4, 0.5) is 23.1 Å². The smallest absolute Gasteiger partial charge is 0.229 e. The van der Waals surface area contributed by atoms with Gasteiger partial charge < -0.3 is 19.9 Å². The van der Waals surface area contributed by atoms with Gasteiger partial charge in [0.15, 0.2) is 0 Å². The van der Waals surface area contributed by atoms with Crippen LogP contribution in [0, 0.1) is 0 Å². The van der Waals surface area contributed by atoms with Crippen LogP contribution in [-0.2, 0) is 4.74 Å². The average molecular weight is 325 g/mol. The molecule has 1 aromatic carbocycles. The van der Waals surface area contributed by atoms with Gasteiger partial charge in [-0.2, -0.15) is 4.98 Å². The second-order valence-electron chi connectivity index (χ2n) is 6.17. The Hall–Kier alpha value is -2.34. The van der Waals surface area contributed by atoms with Crippen molar-refractivity contribution in [3.05, 3.63) is 36.5 Å². The average Bonchev–Trinajstić information content (AvgIpc) is 3.18. The molecule has 2 fully saturated rings. The Morgan fingerprint density at radius 2 is 1.71 bits per heavy atom. The largest absolute Gasteiger partial charge is 0.378 e. The number of morpholine rings is 1. The van der Waals surface area contributed by atoms with Crippen LogP contribution in [-0.4, -0.2) is 49.4 Å². The Labute approximate surface area is 142 Å². The highest BCUT2D eigenvalue weighted by molar-refractivity contribution is 5.73. The summed E-state index contributed by atoms with van der Waals surface area (Å²) in [5.41, 5.74) is 2.22. The maximum Gasteiger partial charge on any atom is 0.229 e. The third-order valence-corrected chi connectivity index (χ3v) is 4.57. The maximum atomic E-state index is 5.46. The first-order valence-corrected chi connectivity index (χ1v) is 8.67. The minimum absolute atomic E-state index is 0.653. The number of aromatic nitrogens is 2. The number of nitrogens with one attached hydrogen (secondary N) is 1. The molecule has 2 saturated heterocycles. The molecule has 0 saturated carbocycles. The fourth-order valence-corrected chi connectivity index (χ4v) is 3.31. The van der Waals surface area contributed by atoms with Gasteiger partial charge in [0, 0.05) is 32.4 Å². The summed E-state index contributed by atoms with van der Waals surface area (Å²) in [5, 5.41) is 3.40. The second-order valence-corrected chi connectivity index (χ2v) is 6.17. The number of rotatable bonds is 4. The third kappa shape index (κ3) is 3.28. The monoisotopic (exact) mass is 325 g/mol. The molecular formula is C18H23N5O. The Bertz CT molecular complexity index is 681. The first kappa shape index (κ1) is 15.2. The van der Waals surface area contributed by atoms with E-state index in [0.29, 0.717) is 5.95 Å². The van der Waals surface area contributed by atoms with E-state index < -0.39 is 0 Å². The highest BCUT2D eigenvalue weighted by Gasteiger charge is 2.16. The lowest BCUT2D eigenvalue weighted by atomic mass is 10.2. The molecule has 6 nitrogen and oxygen atoms in total. The molecule has 4 rings (SSSR count). The zero-order valence-electron chi connectivity index (χ0n) is 13.8. The van der Waals surface area contributed by atoms with E-state index in [4.69, 9.17) is 9.72 Å². The molecule has 0 aliphatic carbocycles. The highest BCUT2D eigenvalue weighted by atomic mass is 16.5. The van der Waals surface area contributed by atoms with E-state index in [0.717, 1.165) is 50.9 Å². The second kappa shape index (κ2) is 7.05. The molecule has 0 amide bonds. The van der Waals surface area contributed by atoms with Crippen LogP contribution >= 0.6 is 0 Å². The number of hydrogen-bond acceptors (Lipinski definition) is 6. The Morgan fingerprint density at radius 1 is 0.917 bits per heavy atom. The predicted molar refractivity (Wildman–Crippen MR) is 96.2 cm³/mol. The molecule has 1 aromatic heterocycles. The van der Waals surface area contributed by atoms with Gasteiger partial charge >= 0.3 is 0 Å². The normalized spacial score (nSPS) is 18.0. The lowest BCUT2D eigenvalue weighted by Gasteiger charge is -2.30. The molecule has 0 bridgehead atoms. The van der Waals surface area contributed by atoms with Gasteiger partial charge in [0.1, 0.15) is 5.82 Å². The molecule has 2 aliphatic rings. The molecule has 0 unspecified atom stereocenters. The Morgan fingerprint density at radius 3 is 2.54 bits per heavy atom. The van der Waals surface area contributed by atoms with Crippen LogP contribution in [0.3, 0.4) is 0 Å². The summed E-state index contributed by atoms with van der Waals surface area (Å²) in [7, 11) is 0. The van der Waals surface area contributed by atoms with Crippen molar-refractivity contribution < 1.29 is 4.74 Å². The number of nitrogens with zero attached hydrogens (tertiary/aromatic N) is 4. The summed E-state index contributed by atoms with van der Waals surface area (Å²) >= 11 is 0. The molecule has 0 atom stereocenters. The predicted octanol–water partition coefficient (Wildman–Crippen LogP) is 2.66. The first-order chi connectivity index (χ1) is 11.9. The summed E-state index contributed by atoms with van der Waals surface area (Å²) < 4.78 is 5.46. The quantitative estimate of drug-likeness (QED) is 0.933. The van der Waals surface area contributed by atoms with Crippen LogP contribution in [0.1, 0.15) is 12.8 Å². The lowest BCUT2D eigenvalue weighted by molar-refractivity contribution is 0.123. The molecule has 3 heterocycles. The first-order valence-electron chi connectivity index (χ1n) is 8.67. The molecule has 6 heteroatoms. The van der Waals surface area contributed by atoms with E-state index in [1.54, 1.807) is 0 Å². The molecule has 2 aliphatic heterocycles. The van der Waals surface area contributed by atoms with Gasteiger partial charge in [-0.3, -0.25) is 0 Å². The van der Waals surface area contributed by atoms with Gasteiger partial charge in [-0.15, -0.1) is 0 Å². The van der Waals surface area contributed by atoms with Crippen molar-refractivity contribution in [3.63, 3.8) is 0 Å². The van der Waals surface area contributed by atoms with Crippen molar-refractivity contribution >= 4 is 23.1 Å². The van der Waals surface area contributed by atoms with Crippen LogP contribution in [0.2, 0.25) is 0 Å². The van der Waals surface area contributed by atoms with E-state index in [1.165, 1.54) is 18.5 Å². The standard InChI is InChI=1S/C18H23N5O/c1-2-6-16(22-11-13-24-14-12-22)15(5-1)20-18-19-8-7-17(21-18)23-9-3-4-10-23/h1-2,5-8H,3-4,9-14H2,(H,19,20,21). The van der Waals surface area contributed by atoms with Crippen LogP contribution in [0.5, 0.6) is 0 Å². The van der Waals surface area contributed by atoms with Gasteiger partial charge in [0.05, 0.1) is 24.6 Å². The van der Waals surface area contributed by atoms with Crippen molar-refractivity contribution in [2.24, 2.45) is 0 Å². The number of ether oxygens (including phenoxy) is 1. The fraction of sp³-hybridized carbons (Fsp3) is 0.444. The summed E-state index contributed by atoms with van der Waals surface area (Å²) in [6.07, 6.45) is 4.32. The van der Waals surface area contributed by atoms with Gasteiger partial charge in [0.2, 0.25) is 5.95 Å². The van der Waals surface area contributed by atoms with Gasteiger partial charge in [-0.1, -0.05) is 12.1 Å². The number of para-hydroxylation sites is 2. The summed E-state index contributed by atoms with van der Waals surface area (Å²) in [4.78, 5) is 13.8. The van der Waals surface area contributed by atoms with Crippen molar-refractivity contribution in [2.75, 3.05) is 54.5 Å². The van der Waals surface area contributed by atoms with Crippen LogP contribution in [0.25, 0.3) is 0 Å². The summed E-state index contributed by atoms with van der Waals surface area (Å²) in [6, 6.07) is 10.3. The molecule has 0 spiro atoms. The van der Waals surface area contributed by atoms with E-state index in [-0.39, 0.29) is 0 Å². The van der Waals surface area contributed by atoms with Crippen molar-refractivity contribution in [2.45, 2.75) is 12.8 Å². The summed E-state index contributed by atoms with van der Waals surface area (Å²) in [6.45, 7) is 5.53. The van der Waals surface area contributed by atoms with Gasteiger partial charge in [0.25, 0.3) is 0 Å². The Kier molecular flexibility index (Phi) is 4.46. The lowest BCUT2D eigenvalue weighted by Crippen LogP contribution is -2.36. The van der Waals surface area contributed by atoms with Gasteiger partial charge in [-0.25, -0.2) is 4.98 Å². The van der Waals surface area contributed by atoms with Crippen LogP contribution in [0.15, 0.2) is 36.5 Å². The molecular weight excluding hydrogens is 302 g/mol. The molecule has 2 aromatic rings. The van der Waals surface area contributed by atoms with E-state index >= 15 is 0 Å². The molecule has 0 radical (unpaired) electrons. The minimum Gasteiger partial charge on any atom is -0.378 e. The molecule has 1 N–H and O–H groups in total. The van der Waals surface area contributed by atoms with Crippen molar-refractivity contribution in [3.8, 4) is 0 Å². The van der Waals surface area contributed by atoms with E-state index in [9.17, 15) is 0 Å². The highest BCUT2D eigenvalue weighted by Crippen LogP contribution is 2.29. The van der Waals surface area contributed by atoms with E-state index in [1.807, 2.05) is 18.3 Å². The third-order valence-electron chi connectivity index (χ3n) is 4.57. The zero-order chi connectivity index (χ0) is 16.2. The SMILES string of the molecule is c1ccc(N2CCOCC2)c(Nc2nccc(N3CCCC3)n2)c1. The fourth-order valence-electron chi connectivity index (χ4n) is 3.31. The maximum absolute atomic E-state index is 5.46. The zero-order valence-corrected chi connectivity index (χ0v) is 13.8. The van der Waals surface area contributed by atoms with Crippen LogP contribution < -0.4 is 15.1 Å². The van der Waals surface area contributed by atoms with Gasteiger partial charge in [-0.05, 0) is 31.0 Å². The minimum atomic E-state index is 0.653. The number of benzene rings is 1. The topological polar surface area (TPSA) is 53.5 Å². The van der Waals surface area contributed by atoms with Crippen molar-refractivity contribution in [1.82, 2.24) is 9.97 Å². The number of anilines is 4. The molecule has 126 valence electrons. The molecule has 24 heavy (non-hydrogen) atoms.